The van der Waals surface area contributed by atoms with Crippen molar-refractivity contribution >= 4 is 26.8 Å². The van der Waals surface area contributed by atoms with Crippen LogP contribution in [0.4, 0.5) is 0 Å². The Balaban J connectivity index is 2.12. The van der Waals surface area contributed by atoms with Gasteiger partial charge in [0.05, 0.1) is 17.3 Å². The van der Waals surface area contributed by atoms with Crippen molar-refractivity contribution in [3.63, 3.8) is 0 Å². The van der Waals surface area contributed by atoms with Crippen molar-refractivity contribution < 1.29 is 5.11 Å². The third kappa shape index (κ3) is 2.03. The van der Waals surface area contributed by atoms with Crippen LogP contribution in [0.2, 0.25) is 0 Å². The van der Waals surface area contributed by atoms with Gasteiger partial charge in [0.15, 0.2) is 0 Å². The van der Waals surface area contributed by atoms with Gasteiger partial charge in [0.2, 0.25) is 0 Å². The highest BCUT2D eigenvalue weighted by Gasteiger charge is 2.26. The van der Waals surface area contributed by atoms with Gasteiger partial charge >= 0.3 is 0 Å². The van der Waals surface area contributed by atoms with E-state index in [0.717, 1.165) is 35.1 Å². The van der Waals surface area contributed by atoms with Crippen LogP contribution in [0.3, 0.4) is 0 Å². The predicted octanol–water partition coefficient (Wildman–Crippen LogP) is 4.76. The molecule has 0 radical (unpaired) electrons. The highest BCUT2D eigenvalue weighted by molar-refractivity contribution is 9.10. The summed E-state index contributed by atoms with van der Waals surface area (Å²) in [7, 11) is 0. The summed E-state index contributed by atoms with van der Waals surface area (Å²) in [5, 5.41) is 11.8. The first-order chi connectivity index (χ1) is 10.3. The van der Waals surface area contributed by atoms with Crippen molar-refractivity contribution in [1.29, 1.82) is 0 Å². The van der Waals surface area contributed by atoms with Gasteiger partial charge in [0, 0.05) is 15.5 Å². The molecule has 0 aliphatic heterocycles. The molecule has 2 aromatic carbocycles. The van der Waals surface area contributed by atoms with E-state index in [1.807, 2.05) is 18.2 Å². The van der Waals surface area contributed by atoms with Gasteiger partial charge in [0.1, 0.15) is 0 Å². The van der Waals surface area contributed by atoms with E-state index in [0.29, 0.717) is 0 Å². The maximum atomic E-state index is 10.5. The molecule has 0 saturated heterocycles. The fraction of sp³-hybridized carbons (Fsp3) is 0.222. The zero-order chi connectivity index (χ0) is 14.4. The Morgan fingerprint density at radius 2 is 1.90 bits per heavy atom. The number of para-hydroxylation sites is 1. The molecule has 0 bridgehead atoms. The molecule has 1 aromatic heterocycles. The minimum atomic E-state index is -0.375. The molecule has 0 fully saturated rings. The van der Waals surface area contributed by atoms with Crippen molar-refractivity contribution in [2.45, 2.75) is 25.4 Å². The van der Waals surface area contributed by atoms with Gasteiger partial charge in [-0.2, -0.15) is 0 Å². The number of aliphatic hydroxyl groups is 1. The molecular weight excluding hydrogens is 326 g/mol. The molecule has 3 heteroatoms. The molecule has 1 atom stereocenters. The highest BCUT2D eigenvalue weighted by atomic mass is 79.9. The maximum absolute atomic E-state index is 10.5. The second kappa shape index (κ2) is 5.00. The van der Waals surface area contributed by atoms with Crippen LogP contribution in [-0.2, 0) is 6.42 Å². The molecule has 4 rings (SSSR count). The van der Waals surface area contributed by atoms with E-state index in [2.05, 4.69) is 50.8 Å². The van der Waals surface area contributed by atoms with Crippen molar-refractivity contribution in [1.82, 2.24) is 4.57 Å². The molecule has 0 saturated carbocycles. The van der Waals surface area contributed by atoms with Crippen LogP contribution in [0.5, 0.6) is 0 Å². The minimum Gasteiger partial charge on any atom is -0.387 e. The first-order valence-electron chi connectivity index (χ1n) is 7.32. The molecule has 1 aliphatic rings. The molecule has 1 heterocycles. The minimum absolute atomic E-state index is 0.375. The van der Waals surface area contributed by atoms with E-state index < -0.39 is 0 Å². The number of aliphatic hydroxyl groups excluding tert-OH is 1. The average molecular weight is 342 g/mol. The Kier molecular flexibility index (Phi) is 3.12. The number of aromatic nitrogens is 1. The lowest BCUT2D eigenvalue weighted by Crippen LogP contribution is -2.12. The number of nitrogens with zero attached hydrogens (tertiary/aromatic N) is 1. The van der Waals surface area contributed by atoms with Gasteiger partial charge in [-0.15, -0.1) is 0 Å². The molecule has 1 N–H and O–H groups in total. The lowest BCUT2D eigenvalue weighted by molar-refractivity contribution is 0.150. The summed E-state index contributed by atoms with van der Waals surface area (Å²) < 4.78 is 3.31. The number of hydrogen-bond acceptors (Lipinski definition) is 1. The zero-order valence-electron chi connectivity index (χ0n) is 11.6. The summed E-state index contributed by atoms with van der Waals surface area (Å²) in [6.07, 6.45) is 2.56. The molecule has 1 aliphatic carbocycles. The fourth-order valence-corrected chi connectivity index (χ4v) is 3.79. The number of benzene rings is 2. The van der Waals surface area contributed by atoms with Gasteiger partial charge in [0.25, 0.3) is 0 Å². The molecule has 2 nitrogen and oxygen atoms in total. The Morgan fingerprint density at radius 1 is 1.10 bits per heavy atom. The summed E-state index contributed by atoms with van der Waals surface area (Å²) in [6.45, 7) is 0. The van der Waals surface area contributed by atoms with Gasteiger partial charge in [-0.1, -0.05) is 34.1 Å². The van der Waals surface area contributed by atoms with Crippen molar-refractivity contribution in [3.05, 3.63) is 64.3 Å². The van der Waals surface area contributed by atoms with Crippen molar-refractivity contribution in [2.24, 2.45) is 0 Å². The monoisotopic (exact) mass is 341 g/mol. The van der Waals surface area contributed by atoms with E-state index >= 15 is 0 Å². The number of halogens is 1. The Morgan fingerprint density at radius 3 is 2.71 bits per heavy atom. The van der Waals surface area contributed by atoms with E-state index in [4.69, 9.17) is 0 Å². The zero-order valence-corrected chi connectivity index (χ0v) is 13.2. The van der Waals surface area contributed by atoms with Crippen LogP contribution < -0.4 is 0 Å². The van der Waals surface area contributed by atoms with Crippen LogP contribution in [-0.4, -0.2) is 9.67 Å². The van der Waals surface area contributed by atoms with Gasteiger partial charge < -0.3 is 9.67 Å². The fourth-order valence-electron chi connectivity index (χ4n) is 3.42. The van der Waals surface area contributed by atoms with Gasteiger partial charge in [-0.3, -0.25) is 0 Å². The largest absolute Gasteiger partial charge is 0.387 e. The lowest BCUT2D eigenvalue weighted by Gasteiger charge is -2.21. The summed E-state index contributed by atoms with van der Waals surface area (Å²) in [4.78, 5) is 0. The number of rotatable bonds is 1. The summed E-state index contributed by atoms with van der Waals surface area (Å²) in [5.41, 5.74) is 4.66. The molecule has 0 spiro atoms. The lowest BCUT2D eigenvalue weighted by atomic mass is 9.93. The van der Waals surface area contributed by atoms with Gasteiger partial charge in [-0.25, -0.2) is 0 Å². The van der Waals surface area contributed by atoms with E-state index in [-0.39, 0.29) is 6.10 Å². The average Bonchev–Trinajstić information content (AvgIpc) is 2.83. The summed E-state index contributed by atoms with van der Waals surface area (Å²) in [5.74, 6) is 0. The molecule has 1 unspecified atom stereocenters. The highest BCUT2D eigenvalue weighted by Crippen LogP contribution is 2.39. The predicted molar refractivity (Wildman–Crippen MR) is 88.9 cm³/mol. The molecule has 3 aromatic rings. The molecule has 21 heavy (non-hydrogen) atoms. The second-order valence-corrected chi connectivity index (χ2v) is 6.52. The van der Waals surface area contributed by atoms with Crippen molar-refractivity contribution in [3.8, 4) is 5.69 Å². The normalized spacial score (nSPS) is 17.9. The third-order valence-corrected chi connectivity index (χ3v) is 4.80. The molecule has 106 valence electrons. The Labute approximate surface area is 132 Å². The molecular formula is C18H16BrNO. The first kappa shape index (κ1) is 13.1. The van der Waals surface area contributed by atoms with E-state index in [1.165, 1.54) is 16.5 Å². The summed E-state index contributed by atoms with van der Waals surface area (Å²) >= 11 is 3.57. The van der Waals surface area contributed by atoms with Crippen LogP contribution in [0.15, 0.2) is 53.0 Å². The number of fused-ring (bicyclic) bond motifs is 3. The smallest absolute Gasteiger partial charge is 0.0946 e. The number of hydrogen-bond donors (Lipinski definition) is 1. The van der Waals surface area contributed by atoms with E-state index in [9.17, 15) is 5.11 Å². The van der Waals surface area contributed by atoms with Crippen LogP contribution >= 0.6 is 15.9 Å². The topological polar surface area (TPSA) is 25.2 Å². The van der Waals surface area contributed by atoms with Crippen molar-refractivity contribution in [2.75, 3.05) is 0 Å². The van der Waals surface area contributed by atoms with Crippen LogP contribution in [0.25, 0.3) is 16.6 Å². The van der Waals surface area contributed by atoms with Crippen LogP contribution in [0, 0.1) is 0 Å². The number of aryl methyl sites for hydroxylation is 1. The Bertz CT molecular complexity index is 807. The second-order valence-electron chi connectivity index (χ2n) is 5.60. The van der Waals surface area contributed by atoms with Crippen LogP contribution in [0.1, 0.15) is 30.2 Å². The Hall–Kier alpha value is -1.58. The summed E-state index contributed by atoms with van der Waals surface area (Å²) in [6, 6.07) is 16.7. The maximum Gasteiger partial charge on any atom is 0.0946 e. The molecule has 0 amide bonds. The van der Waals surface area contributed by atoms with Gasteiger partial charge in [-0.05, 0) is 55.2 Å². The first-order valence-corrected chi connectivity index (χ1v) is 8.11. The third-order valence-electron chi connectivity index (χ3n) is 4.31. The van der Waals surface area contributed by atoms with E-state index in [1.54, 1.807) is 0 Å². The quantitative estimate of drug-likeness (QED) is 0.678. The standard InChI is InChI=1S/C18H16BrNO/c19-12-9-10-16-15(11-12)14-7-4-8-17(21)18(14)20(16)13-5-2-1-3-6-13/h1-3,5-6,9-11,17,21H,4,7-8H2. The SMILES string of the molecule is OC1CCCc2c1n(-c1ccccc1)c1ccc(Br)cc21.